The molecule has 0 bridgehead atoms. The van der Waals surface area contributed by atoms with Crippen molar-refractivity contribution in [2.24, 2.45) is 0 Å². The van der Waals surface area contributed by atoms with E-state index in [4.69, 9.17) is 6.57 Å². The van der Waals surface area contributed by atoms with Crippen molar-refractivity contribution in [2.75, 3.05) is 0 Å². The quantitative estimate of drug-likeness (QED) is 0.597. The van der Waals surface area contributed by atoms with Crippen molar-refractivity contribution < 1.29 is 0 Å². The number of benzene rings is 1. The van der Waals surface area contributed by atoms with E-state index in [9.17, 15) is 0 Å². The molecule has 0 spiro atoms. The fraction of sp³-hybridized carbons (Fsp3) is 0.417. The van der Waals surface area contributed by atoms with E-state index in [1.165, 1.54) is 11.1 Å². The zero-order valence-electron chi connectivity index (χ0n) is 8.46. The highest BCUT2D eigenvalue weighted by Gasteiger charge is 2.05. The topological polar surface area (TPSA) is 4.36 Å². The van der Waals surface area contributed by atoms with Gasteiger partial charge in [0, 0.05) is 0 Å². The molecule has 1 nitrogen and oxygen atoms in total. The van der Waals surface area contributed by atoms with Crippen molar-refractivity contribution in [2.45, 2.75) is 33.1 Å². The molecular formula is C12H15N. The maximum atomic E-state index is 6.92. The van der Waals surface area contributed by atoms with Crippen molar-refractivity contribution in [3.05, 3.63) is 40.7 Å². The van der Waals surface area contributed by atoms with Gasteiger partial charge in [0.15, 0.2) is 5.69 Å². The molecule has 0 saturated heterocycles. The van der Waals surface area contributed by atoms with Crippen LogP contribution in [0.25, 0.3) is 4.85 Å². The smallest absolute Gasteiger partial charge is 0.187 e. The van der Waals surface area contributed by atoms with Gasteiger partial charge in [-0.25, -0.2) is 4.85 Å². The summed E-state index contributed by atoms with van der Waals surface area (Å²) in [6.45, 7) is 13.4. The highest BCUT2D eigenvalue weighted by molar-refractivity contribution is 5.50. The summed E-state index contributed by atoms with van der Waals surface area (Å²) in [4.78, 5) is 3.43. The lowest BCUT2D eigenvalue weighted by atomic mass is 9.95. The molecule has 13 heavy (non-hydrogen) atoms. The third-order valence-corrected chi connectivity index (χ3v) is 2.26. The third kappa shape index (κ3) is 2.09. The van der Waals surface area contributed by atoms with Gasteiger partial charge >= 0.3 is 0 Å². The molecule has 0 aliphatic heterocycles. The monoisotopic (exact) mass is 173 g/mol. The van der Waals surface area contributed by atoms with Crippen LogP contribution < -0.4 is 0 Å². The Hall–Kier alpha value is -1.29. The Balaban J connectivity index is 3.17. The first-order chi connectivity index (χ1) is 6.19. The predicted octanol–water partition coefficient (Wildman–Crippen LogP) is 3.92. The van der Waals surface area contributed by atoms with Gasteiger partial charge in [0.1, 0.15) is 0 Å². The van der Waals surface area contributed by atoms with E-state index in [2.05, 4.69) is 31.7 Å². The van der Waals surface area contributed by atoms with Crippen LogP contribution in [0.1, 0.15) is 37.8 Å². The van der Waals surface area contributed by atoms with Crippen LogP contribution in [0.15, 0.2) is 18.2 Å². The third-order valence-electron chi connectivity index (χ3n) is 2.26. The minimum atomic E-state index is 0.551. The Bertz CT molecular complexity index is 331. The van der Waals surface area contributed by atoms with Gasteiger partial charge in [-0.2, -0.15) is 0 Å². The molecule has 1 rings (SSSR count). The zero-order valence-corrected chi connectivity index (χ0v) is 8.46. The molecular weight excluding hydrogens is 158 g/mol. The maximum absolute atomic E-state index is 6.92. The zero-order chi connectivity index (χ0) is 9.84. The fourth-order valence-electron chi connectivity index (χ4n) is 1.53. The van der Waals surface area contributed by atoms with Crippen LogP contribution in [0, 0.1) is 6.57 Å². The first-order valence-electron chi connectivity index (χ1n) is 4.69. The number of rotatable bonds is 2. The first-order valence-corrected chi connectivity index (χ1v) is 4.69. The molecule has 68 valence electrons. The molecule has 1 aromatic rings. The lowest BCUT2D eigenvalue weighted by molar-refractivity contribution is 0.845. The van der Waals surface area contributed by atoms with Crippen molar-refractivity contribution in [1.82, 2.24) is 0 Å². The van der Waals surface area contributed by atoms with E-state index < -0.39 is 0 Å². The second-order valence-electron chi connectivity index (χ2n) is 3.50. The van der Waals surface area contributed by atoms with Crippen LogP contribution in [-0.2, 0) is 6.42 Å². The molecule has 0 aliphatic carbocycles. The summed E-state index contributed by atoms with van der Waals surface area (Å²) < 4.78 is 0. The van der Waals surface area contributed by atoms with E-state index >= 15 is 0 Å². The number of hydrogen-bond acceptors (Lipinski definition) is 0. The second-order valence-corrected chi connectivity index (χ2v) is 3.50. The number of aryl methyl sites for hydroxylation is 1. The van der Waals surface area contributed by atoms with E-state index in [-0.39, 0.29) is 0 Å². The SMILES string of the molecule is [C-]#[N+]c1ccc(C(C)C)c(CC)c1. The second kappa shape index (κ2) is 4.09. The minimum absolute atomic E-state index is 0.551. The Morgan fingerprint density at radius 2 is 2.08 bits per heavy atom. The average Bonchev–Trinajstić information content (AvgIpc) is 2.16. The van der Waals surface area contributed by atoms with Crippen molar-refractivity contribution in [1.29, 1.82) is 0 Å². The Kier molecular flexibility index (Phi) is 3.08. The van der Waals surface area contributed by atoms with Crippen LogP contribution in [0.4, 0.5) is 5.69 Å². The van der Waals surface area contributed by atoms with Crippen LogP contribution in [0.3, 0.4) is 0 Å². The molecule has 1 heteroatoms. The molecule has 0 radical (unpaired) electrons. The van der Waals surface area contributed by atoms with Crippen LogP contribution in [0.5, 0.6) is 0 Å². The molecule has 0 aliphatic rings. The molecule has 0 aromatic heterocycles. The molecule has 1 aromatic carbocycles. The van der Waals surface area contributed by atoms with Gasteiger partial charge in [-0.15, -0.1) is 0 Å². The van der Waals surface area contributed by atoms with Gasteiger partial charge < -0.3 is 0 Å². The normalized spacial score (nSPS) is 10.1. The fourth-order valence-corrected chi connectivity index (χ4v) is 1.53. The van der Waals surface area contributed by atoms with Gasteiger partial charge in [0.05, 0.1) is 6.57 Å². The van der Waals surface area contributed by atoms with Crippen molar-refractivity contribution >= 4 is 5.69 Å². The van der Waals surface area contributed by atoms with Crippen LogP contribution >= 0.6 is 0 Å². The molecule has 0 atom stereocenters. The Morgan fingerprint density at radius 3 is 2.54 bits per heavy atom. The van der Waals surface area contributed by atoms with E-state index in [0.717, 1.165) is 12.1 Å². The molecule has 0 amide bonds. The number of nitrogens with zero attached hydrogens (tertiary/aromatic N) is 1. The Labute approximate surface area is 80.2 Å². The standard InChI is InChI=1S/C12H15N/c1-5-10-8-11(13-4)6-7-12(10)9(2)3/h6-9H,5H2,1-3H3. The van der Waals surface area contributed by atoms with E-state index in [0.29, 0.717) is 5.92 Å². The molecule has 0 N–H and O–H groups in total. The summed E-state index contributed by atoms with van der Waals surface area (Å²) in [5.74, 6) is 0.551. The Morgan fingerprint density at radius 1 is 1.38 bits per heavy atom. The van der Waals surface area contributed by atoms with Gasteiger partial charge in [-0.05, 0) is 17.9 Å². The summed E-state index contributed by atoms with van der Waals surface area (Å²) in [6, 6.07) is 5.99. The van der Waals surface area contributed by atoms with E-state index in [1.807, 2.05) is 12.1 Å². The average molecular weight is 173 g/mol. The summed E-state index contributed by atoms with van der Waals surface area (Å²) in [7, 11) is 0. The lowest BCUT2D eigenvalue weighted by Crippen LogP contribution is -1.93. The molecule has 0 fully saturated rings. The van der Waals surface area contributed by atoms with Gasteiger partial charge in [0.2, 0.25) is 0 Å². The summed E-state index contributed by atoms with van der Waals surface area (Å²) in [6.07, 6.45) is 1.01. The van der Waals surface area contributed by atoms with Gasteiger partial charge in [-0.1, -0.05) is 44.5 Å². The minimum Gasteiger partial charge on any atom is -0.238 e. The molecule has 0 heterocycles. The van der Waals surface area contributed by atoms with Crippen LogP contribution in [0.2, 0.25) is 0 Å². The summed E-state index contributed by atoms with van der Waals surface area (Å²) in [5.41, 5.74) is 3.43. The van der Waals surface area contributed by atoms with E-state index in [1.54, 1.807) is 0 Å². The maximum Gasteiger partial charge on any atom is 0.187 e. The van der Waals surface area contributed by atoms with Crippen molar-refractivity contribution in [3.63, 3.8) is 0 Å². The van der Waals surface area contributed by atoms with Crippen LogP contribution in [-0.4, -0.2) is 0 Å². The molecule has 0 saturated carbocycles. The predicted molar refractivity (Wildman–Crippen MR) is 56.2 cm³/mol. The highest BCUT2D eigenvalue weighted by Crippen LogP contribution is 2.24. The van der Waals surface area contributed by atoms with Crippen molar-refractivity contribution in [3.8, 4) is 0 Å². The molecule has 0 unspecified atom stereocenters. The lowest BCUT2D eigenvalue weighted by Gasteiger charge is -2.11. The highest BCUT2D eigenvalue weighted by atomic mass is 14.6. The summed E-state index contributed by atoms with van der Waals surface area (Å²) in [5, 5.41) is 0. The summed E-state index contributed by atoms with van der Waals surface area (Å²) >= 11 is 0. The largest absolute Gasteiger partial charge is 0.238 e. The van der Waals surface area contributed by atoms with Gasteiger partial charge in [-0.3, -0.25) is 0 Å². The van der Waals surface area contributed by atoms with Gasteiger partial charge in [0.25, 0.3) is 0 Å². The first kappa shape index (κ1) is 9.80. The number of hydrogen-bond donors (Lipinski definition) is 0.